The minimum atomic E-state index is -3.25. The molecule has 0 saturated heterocycles. The molecule has 2 N–H and O–H groups in total. The van der Waals surface area contributed by atoms with Gasteiger partial charge in [0.1, 0.15) is 0 Å². The number of ether oxygens (including phenoxy) is 2. The Bertz CT molecular complexity index is 1030. The molecule has 0 aliphatic carbocycles. The quantitative estimate of drug-likeness (QED) is 0.635. The molecule has 0 bridgehead atoms. The first-order valence-corrected chi connectivity index (χ1v) is 12.3. The maximum atomic E-state index is 12.7. The number of hydrogen-bond acceptors (Lipinski definition) is 5. The van der Waals surface area contributed by atoms with Crippen LogP contribution in [0, 0.1) is 5.92 Å². The van der Waals surface area contributed by atoms with Gasteiger partial charge in [-0.25, -0.2) is 13.2 Å². The Kier molecular flexibility index (Phi) is 8.81. The zero-order chi connectivity index (χ0) is 22.6. The van der Waals surface area contributed by atoms with Gasteiger partial charge in [-0.1, -0.05) is 32.0 Å². The van der Waals surface area contributed by atoms with Crippen molar-refractivity contribution in [2.45, 2.75) is 44.2 Å². The number of urea groups is 1. The molecule has 32 heavy (non-hydrogen) atoms. The molecule has 7 nitrogen and oxygen atoms in total. The van der Waals surface area contributed by atoms with Crippen molar-refractivity contribution in [2.75, 3.05) is 19.5 Å². The van der Waals surface area contributed by atoms with Gasteiger partial charge in [0.25, 0.3) is 0 Å². The molecule has 3 rings (SSSR count). The van der Waals surface area contributed by atoms with Crippen LogP contribution in [0.25, 0.3) is 0 Å². The van der Waals surface area contributed by atoms with Crippen molar-refractivity contribution in [1.82, 2.24) is 10.6 Å². The van der Waals surface area contributed by atoms with Crippen LogP contribution in [0.1, 0.15) is 50.4 Å². The highest BCUT2D eigenvalue weighted by Gasteiger charge is 2.22. The van der Waals surface area contributed by atoms with Crippen molar-refractivity contribution in [1.29, 1.82) is 0 Å². The predicted molar refractivity (Wildman–Crippen MR) is 127 cm³/mol. The maximum absolute atomic E-state index is 12.7. The van der Waals surface area contributed by atoms with Crippen LogP contribution in [-0.4, -0.2) is 33.9 Å². The molecule has 0 aromatic heterocycles. The van der Waals surface area contributed by atoms with Crippen molar-refractivity contribution in [3.05, 3.63) is 53.6 Å². The van der Waals surface area contributed by atoms with Crippen molar-refractivity contribution >= 4 is 28.3 Å². The van der Waals surface area contributed by atoms with Gasteiger partial charge in [0, 0.05) is 12.7 Å². The van der Waals surface area contributed by atoms with Gasteiger partial charge in [-0.15, -0.1) is 12.4 Å². The summed E-state index contributed by atoms with van der Waals surface area (Å²) in [4.78, 5) is 13.0. The van der Waals surface area contributed by atoms with Gasteiger partial charge in [0.2, 0.25) is 0 Å². The number of nitrogens with one attached hydrogen (secondary N) is 2. The topological polar surface area (TPSA) is 93.7 Å². The van der Waals surface area contributed by atoms with Crippen LogP contribution in [0.15, 0.2) is 47.4 Å². The number of benzene rings is 2. The minimum Gasteiger partial charge on any atom is -0.490 e. The average Bonchev–Trinajstić information content (AvgIpc) is 2.96. The van der Waals surface area contributed by atoms with Gasteiger partial charge >= 0.3 is 6.03 Å². The van der Waals surface area contributed by atoms with Crippen molar-refractivity contribution < 1.29 is 22.7 Å². The number of halogens is 1. The lowest BCUT2D eigenvalue weighted by atomic mass is 9.95. The zero-order valence-electron chi connectivity index (χ0n) is 18.8. The molecule has 2 atom stereocenters. The molecular formula is C23H31ClN2O5S. The molecule has 9 heteroatoms. The zero-order valence-corrected chi connectivity index (χ0v) is 20.4. The second-order valence-corrected chi connectivity index (χ2v) is 10.2. The van der Waals surface area contributed by atoms with Crippen molar-refractivity contribution in [3.8, 4) is 11.5 Å². The van der Waals surface area contributed by atoms with Gasteiger partial charge in [0.15, 0.2) is 21.3 Å². The molecule has 1 aliphatic heterocycles. The molecule has 2 aromatic carbocycles. The number of rotatable bonds is 6. The first-order chi connectivity index (χ1) is 14.6. The molecule has 0 radical (unpaired) electrons. The molecule has 1 heterocycles. The number of carbonyl (C=O) groups excluding carboxylic acids is 1. The third-order valence-electron chi connectivity index (χ3n) is 5.24. The molecule has 2 unspecified atom stereocenters. The molecule has 1 aliphatic rings. The summed E-state index contributed by atoms with van der Waals surface area (Å²) < 4.78 is 34.7. The van der Waals surface area contributed by atoms with Crippen LogP contribution in [0.5, 0.6) is 11.5 Å². The summed E-state index contributed by atoms with van der Waals surface area (Å²) >= 11 is 0. The summed E-state index contributed by atoms with van der Waals surface area (Å²) in [6.07, 6.45) is 2.00. The molecule has 0 spiro atoms. The van der Waals surface area contributed by atoms with Gasteiger partial charge < -0.3 is 20.1 Å². The lowest BCUT2D eigenvalue weighted by molar-refractivity contribution is 0.230. The van der Waals surface area contributed by atoms with E-state index < -0.39 is 9.84 Å². The highest BCUT2D eigenvalue weighted by atomic mass is 35.5. The van der Waals surface area contributed by atoms with Crippen molar-refractivity contribution in [2.24, 2.45) is 5.92 Å². The predicted octanol–water partition coefficient (Wildman–Crippen LogP) is 4.43. The van der Waals surface area contributed by atoms with Gasteiger partial charge in [-0.05, 0) is 48.2 Å². The second kappa shape index (κ2) is 10.9. The van der Waals surface area contributed by atoms with E-state index in [0.717, 1.165) is 23.3 Å². The van der Waals surface area contributed by atoms with Crippen LogP contribution < -0.4 is 20.1 Å². The Labute approximate surface area is 196 Å². The summed E-state index contributed by atoms with van der Waals surface area (Å²) in [7, 11) is -3.25. The highest BCUT2D eigenvalue weighted by molar-refractivity contribution is 7.90. The normalized spacial score (nSPS) is 15.2. The average molecular weight is 483 g/mol. The number of sulfone groups is 1. The highest BCUT2D eigenvalue weighted by Crippen LogP contribution is 2.34. The monoisotopic (exact) mass is 482 g/mol. The van der Waals surface area contributed by atoms with E-state index in [4.69, 9.17) is 9.47 Å². The summed E-state index contributed by atoms with van der Waals surface area (Å²) in [6.45, 7) is 7.17. The molecule has 176 valence electrons. The molecule has 0 fully saturated rings. The first-order valence-electron chi connectivity index (χ1n) is 10.4. The number of carbonyl (C=O) groups is 1. The Morgan fingerprint density at radius 1 is 0.906 bits per heavy atom. The number of amides is 2. The fraction of sp³-hybridized carbons (Fsp3) is 0.435. The molecule has 2 aromatic rings. The fourth-order valence-corrected chi connectivity index (χ4v) is 4.11. The minimum absolute atomic E-state index is 0. The standard InChI is InChI=1S/C23H30N2O5S.ClH/c1-15(2)22(18-8-11-20-21(14-18)30-13-5-12-29-20)25-23(26)24-16(3)17-6-9-19(10-7-17)31(4,27)28;/h6-11,14-16,22H,5,12-13H2,1-4H3,(H2,24,25,26);1H. The first kappa shape index (κ1) is 25.8. The van der Waals surface area contributed by atoms with E-state index in [1.54, 1.807) is 24.3 Å². The van der Waals surface area contributed by atoms with Gasteiger partial charge in [-0.2, -0.15) is 0 Å². The number of fused-ring (bicyclic) bond motifs is 1. The van der Waals surface area contributed by atoms with E-state index >= 15 is 0 Å². The summed E-state index contributed by atoms with van der Waals surface area (Å²) in [5.41, 5.74) is 1.76. The number of hydrogen-bond donors (Lipinski definition) is 2. The van der Waals surface area contributed by atoms with Crippen LogP contribution in [0.4, 0.5) is 4.79 Å². The lowest BCUT2D eigenvalue weighted by Gasteiger charge is -2.25. The van der Waals surface area contributed by atoms with Crippen LogP contribution in [0.2, 0.25) is 0 Å². The van der Waals surface area contributed by atoms with Gasteiger partial charge in [-0.3, -0.25) is 0 Å². The summed E-state index contributed by atoms with van der Waals surface area (Å²) in [5.74, 6) is 1.57. The van der Waals surface area contributed by atoms with Crippen LogP contribution in [-0.2, 0) is 9.84 Å². The Morgan fingerprint density at radius 2 is 1.50 bits per heavy atom. The molecule has 0 saturated carbocycles. The smallest absolute Gasteiger partial charge is 0.315 e. The van der Waals surface area contributed by atoms with Crippen LogP contribution in [0.3, 0.4) is 0 Å². The fourth-order valence-electron chi connectivity index (χ4n) is 3.47. The largest absolute Gasteiger partial charge is 0.490 e. The molecular weight excluding hydrogens is 452 g/mol. The molecule has 2 amide bonds. The van der Waals surface area contributed by atoms with Gasteiger partial charge in [0.05, 0.1) is 30.2 Å². The Balaban J connectivity index is 0.00000363. The Morgan fingerprint density at radius 3 is 2.09 bits per heavy atom. The van der Waals surface area contributed by atoms with E-state index in [2.05, 4.69) is 10.6 Å². The maximum Gasteiger partial charge on any atom is 0.315 e. The third-order valence-corrected chi connectivity index (χ3v) is 6.37. The summed E-state index contributed by atoms with van der Waals surface area (Å²) in [6, 6.07) is 11.5. The Hall–Kier alpha value is -2.45. The van der Waals surface area contributed by atoms with E-state index in [-0.39, 0.29) is 41.3 Å². The lowest BCUT2D eigenvalue weighted by Crippen LogP contribution is -2.40. The van der Waals surface area contributed by atoms with E-state index in [0.29, 0.717) is 19.0 Å². The third kappa shape index (κ3) is 6.53. The van der Waals surface area contributed by atoms with Crippen molar-refractivity contribution in [3.63, 3.8) is 0 Å². The van der Waals surface area contributed by atoms with Crippen LogP contribution >= 0.6 is 12.4 Å². The second-order valence-electron chi connectivity index (χ2n) is 8.16. The summed E-state index contributed by atoms with van der Waals surface area (Å²) in [5, 5.41) is 5.98. The van der Waals surface area contributed by atoms with E-state index in [9.17, 15) is 13.2 Å². The van der Waals surface area contributed by atoms with E-state index in [1.165, 1.54) is 6.26 Å². The van der Waals surface area contributed by atoms with E-state index in [1.807, 2.05) is 39.0 Å². The SMILES string of the molecule is CC(NC(=O)NC(c1ccc2c(c1)OCCCO2)C(C)C)c1ccc(S(C)(=O)=O)cc1.Cl.